The van der Waals surface area contributed by atoms with Crippen LogP contribution in [0.4, 0.5) is 14.5 Å². The predicted octanol–water partition coefficient (Wildman–Crippen LogP) is 5.65. The van der Waals surface area contributed by atoms with Crippen molar-refractivity contribution in [2.24, 2.45) is 0 Å². The minimum atomic E-state index is -0.912. The first-order valence-corrected chi connectivity index (χ1v) is 10.1. The summed E-state index contributed by atoms with van der Waals surface area (Å²) in [5.74, 6) is -1.20. The van der Waals surface area contributed by atoms with Crippen LogP contribution in [0.1, 0.15) is 21.5 Å². The van der Waals surface area contributed by atoms with Gasteiger partial charge < -0.3 is 14.6 Å². The highest BCUT2D eigenvalue weighted by Crippen LogP contribution is 2.39. The number of benzene rings is 3. The number of rotatable bonds is 4. The number of nitrogens with one attached hydrogen (secondary N) is 1. The number of hydrogen-bond acceptors (Lipinski definition) is 4. The Bertz CT molecular complexity index is 1310. The SMILES string of the molecule is COc1ccc2c(c1)CCc1c-2noc1-c1ccc(NC(=O)c2c(F)cccc2F)cc1. The summed E-state index contributed by atoms with van der Waals surface area (Å²) >= 11 is 0. The average molecular weight is 432 g/mol. The molecule has 32 heavy (non-hydrogen) atoms. The number of nitrogens with zero attached hydrogens (tertiary/aromatic N) is 1. The lowest BCUT2D eigenvalue weighted by atomic mass is 9.88. The molecule has 0 unspecified atom stereocenters. The Hall–Kier alpha value is -4.00. The number of carbonyl (C=O) groups is 1. The zero-order chi connectivity index (χ0) is 22.2. The third-order valence-electron chi connectivity index (χ3n) is 5.59. The molecule has 3 aromatic carbocycles. The van der Waals surface area contributed by atoms with E-state index in [2.05, 4.69) is 10.5 Å². The number of aromatic nitrogens is 1. The molecule has 0 radical (unpaired) electrons. The van der Waals surface area contributed by atoms with Crippen molar-refractivity contribution < 1.29 is 22.8 Å². The van der Waals surface area contributed by atoms with E-state index >= 15 is 0 Å². The Kier molecular flexibility index (Phi) is 4.93. The first-order valence-electron chi connectivity index (χ1n) is 10.1. The fourth-order valence-corrected chi connectivity index (χ4v) is 3.99. The van der Waals surface area contributed by atoms with Crippen LogP contribution in [0, 0.1) is 11.6 Å². The van der Waals surface area contributed by atoms with Crippen molar-refractivity contribution in [3.05, 3.63) is 89.0 Å². The molecule has 7 heteroatoms. The maximum Gasteiger partial charge on any atom is 0.261 e. The molecule has 1 heterocycles. The molecule has 0 fully saturated rings. The van der Waals surface area contributed by atoms with E-state index in [0.717, 1.165) is 58.7 Å². The summed E-state index contributed by atoms with van der Waals surface area (Å²) < 4.78 is 38.6. The van der Waals surface area contributed by atoms with Crippen molar-refractivity contribution in [1.29, 1.82) is 0 Å². The Morgan fingerprint density at radius 3 is 2.50 bits per heavy atom. The van der Waals surface area contributed by atoms with Gasteiger partial charge in [0, 0.05) is 22.4 Å². The van der Waals surface area contributed by atoms with Crippen LogP contribution in [0.3, 0.4) is 0 Å². The van der Waals surface area contributed by atoms with Crippen molar-refractivity contribution in [2.75, 3.05) is 12.4 Å². The van der Waals surface area contributed by atoms with E-state index in [4.69, 9.17) is 9.26 Å². The first kappa shape index (κ1) is 19.9. The Labute approximate surface area is 182 Å². The molecule has 1 aliphatic carbocycles. The Morgan fingerprint density at radius 1 is 1.03 bits per heavy atom. The summed E-state index contributed by atoms with van der Waals surface area (Å²) in [6.07, 6.45) is 1.62. The number of methoxy groups -OCH3 is 1. The average Bonchev–Trinajstić information content (AvgIpc) is 3.23. The molecule has 0 saturated heterocycles. The lowest BCUT2D eigenvalue weighted by Crippen LogP contribution is -2.15. The number of hydrogen-bond donors (Lipinski definition) is 1. The second kappa shape index (κ2) is 7.92. The molecule has 0 saturated carbocycles. The summed E-state index contributed by atoms with van der Waals surface area (Å²) in [7, 11) is 1.64. The number of anilines is 1. The number of fused-ring (bicyclic) bond motifs is 3. The Morgan fingerprint density at radius 2 is 1.78 bits per heavy atom. The second-order valence-electron chi connectivity index (χ2n) is 7.49. The highest BCUT2D eigenvalue weighted by molar-refractivity contribution is 6.04. The molecule has 5 rings (SSSR count). The molecule has 160 valence electrons. The van der Waals surface area contributed by atoms with Crippen molar-refractivity contribution in [3.8, 4) is 28.3 Å². The van der Waals surface area contributed by atoms with Crippen LogP contribution < -0.4 is 10.1 Å². The van der Waals surface area contributed by atoms with Gasteiger partial charge in [-0.2, -0.15) is 0 Å². The van der Waals surface area contributed by atoms with Crippen LogP contribution in [0.25, 0.3) is 22.6 Å². The maximum absolute atomic E-state index is 13.8. The van der Waals surface area contributed by atoms with Crippen molar-refractivity contribution in [1.82, 2.24) is 5.16 Å². The highest BCUT2D eigenvalue weighted by Gasteiger charge is 2.25. The van der Waals surface area contributed by atoms with E-state index in [-0.39, 0.29) is 0 Å². The lowest BCUT2D eigenvalue weighted by Gasteiger charge is -2.16. The molecule has 1 N–H and O–H groups in total. The minimum Gasteiger partial charge on any atom is -0.497 e. The number of carbonyl (C=O) groups excluding carboxylic acids is 1. The molecular formula is C25H18F2N2O3. The van der Waals surface area contributed by atoms with E-state index in [1.54, 1.807) is 31.4 Å². The molecule has 0 spiro atoms. The molecule has 0 bridgehead atoms. The van der Waals surface area contributed by atoms with Crippen molar-refractivity contribution in [3.63, 3.8) is 0 Å². The summed E-state index contributed by atoms with van der Waals surface area (Å²) in [6.45, 7) is 0. The van der Waals surface area contributed by atoms with Gasteiger partial charge in [-0.1, -0.05) is 11.2 Å². The molecule has 4 aromatic rings. The van der Waals surface area contributed by atoms with Gasteiger partial charge >= 0.3 is 0 Å². The van der Waals surface area contributed by atoms with E-state index in [1.807, 2.05) is 18.2 Å². The molecule has 1 aliphatic rings. The van der Waals surface area contributed by atoms with Gasteiger partial charge in [0.1, 0.15) is 28.6 Å². The fourth-order valence-electron chi connectivity index (χ4n) is 3.99. The number of amides is 1. The van der Waals surface area contributed by atoms with E-state index < -0.39 is 23.1 Å². The minimum absolute atomic E-state index is 0.409. The largest absolute Gasteiger partial charge is 0.497 e. The molecule has 1 amide bonds. The molecule has 0 atom stereocenters. The van der Waals surface area contributed by atoms with Crippen LogP contribution in [-0.4, -0.2) is 18.2 Å². The van der Waals surface area contributed by atoms with Gasteiger partial charge in [-0.25, -0.2) is 8.78 Å². The summed E-state index contributed by atoms with van der Waals surface area (Å²) in [4.78, 5) is 12.3. The van der Waals surface area contributed by atoms with Gasteiger partial charge in [-0.05, 0) is 73.0 Å². The highest BCUT2D eigenvalue weighted by atomic mass is 19.1. The fraction of sp³-hybridized carbons (Fsp3) is 0.120. The molecule has 5 nitrogen and oxygen atoms in total. The molecule has 1 aromatic heterocycles. The normalized spacial score (nSPS) is 12.1. The third kappa shape index (κ3) is 3.41. The Balaban J connectivity index is 1.40. The standard InChI is InChI=1S/C25H18F2N2O3/c1-31-17-10-12-18-15(13-17)7-11-19-23(18)29-32-24(19)14-5-8-16(9-6-14)28-25(30)22-20(26)3-2-4-21(22)27/h2-6,8-10,12-13H,7,11H2,1H3,(H,28,30). The number of aryl methyl sites for hydroxylation is 1. The summed E-state index contributed by atoms with van der Waals surface area (Å²) in [5, 5.41) is 6.81. The second-order valence-corrected chi connectivity index (χ2v) is 7.49. The zero-order valence-electron chi connectivity index (χ0n) is 17.1. The van der Waals surface area contributed by atoms with Gasteiger partial charge in [-0.15, -0.1) is 0 Å². The smallest absolute Gasteiger partial charge is 0.261 e. The van der Waals surface area contributed by atoms with E-state index in [1.165, 1.54) is 6.07 Å². The summed E-state index contributed by atoms with van der Waals surface area (Å²) in [5.41, 5.74) is 4.62. The number of ether oxygens (including phenoxy) is 1. The monoisotopic (exact) mass is 432 g/mol. The van der Waals surface area contributed by atoms with Crippen LogP contribution in [0.15, 0.2) is 65.2 Å². The molecule has 0 aliphatic heterocycles. The zero-order valence-corrected chi connectivity index (χ0v) is 17.1. The van der Waals surface area contributed by atoms with Crippen LogP contribution in [-0.2, 0) is 12.8 Å². The van der Waals surface area contributed by atoms with Gasteiger partial charge in [0.15, 0.2) is 5.76 Å². The van der Waals surface area contributed by atoms with Crippen LogP contribution in [0.2, 0.25) is 0 Å². The summed E-state index contributed by atoms with van der Waals surface area (Å²) in [6, 6.07) is 16.1. The quantitative estimate of drug-likeness (QED) is 0.453. The van der Waals surface area contributed by atoms with Gasteiger partial charge in [0.25, 0.3) is 5.91 Å². The van der Waals surface area contributed by atoms with E-state index in [9.17, 15) is 13.6 Å². The maximum atomic E-state index is 13.8. The van der Waals surface area contributed by atoms with Gasteiger partial charge in [0.05, 0.1) is 7.11 Å². The van der Waals surface area contributed by atoms with Gasteiger partial charge in [-0.3, -0.25) is 4.79 Å². The third-order valence-corrected chi connectivity index (χ3v) is 5.59. The number of halogens is 2. The first-order chi connectivity index (χ1) is 15.5. The van der Waals surface area contributed by atoms with Gasteiger partial charge in [0.2, 0.25) is 0 Å². The van der Waals surface area contributed by atoms with Crippen LogP contribution >= 0.6 is 0 Å². The topological polar surface area (TPSA) is 64.4 Å². The lowest BCUT2D eigenvalue weighted by molar-refractivity contribution is 0.101. The van der Waals surface area contributed by atoms with Crippen molar-refractivity contribution in [2.45, 2.75) is 12.8 Å². The van der Waals surface area contributed by atoms with E-state index in [0.29, 0.717) is 11.4 Å². The van der Waals surface area contributed by atoms with Crippen molar-refractivity contribution >= 4 is 11.6 Å². The molecular weight excluding hydrogens is 414 g/mol. The van der Waals surface area contributed by atoms with Crippen LogP contribution in [0.5, 0.6) is 5.75 Å². The predicted molar refractivity (Wildman–Crippen MR) is 116 cm³/mol.